The van der Waals surface area contributed by atoms with Gasteiger partial charge in [0.2, 0.25) is 0 Å². The molecular formula is C18H28N2O2S. The summed E-state index contributed by atoms with van der Waals surface area (Å²) in [6.45, 7) is 5.61. The molecule has 5 heteroatoms. The lowest BCUT2D eigenvalue weighted by molar-refractivity contribution is 0.0972. The van der Waals surface area contributed by atoms with Gasteiger partial charge in [0, 0.05) is 6.54 Å². The van der Waals surface area contributed by atoms with E-state index >= 15 is 0 Å². The van der Waals surface area contributed by atoms with Crippen molar-refractivity contribution in [3.8, 4) is 5.75 Å². The molecule has 0 aliphatic rings. The largest absolute Gasteiger partial charge is 0.493 e. The van der Waals surface area contributed by atoms with Crippen LogP contribution in [0.3, 0.4) is 0 Å². The second kappa shape index (κ2) is 11.9. The minimum absolute atomic E-state index is 0.236. The number of hydrogen-bond donors (Lipinski definition) is 2. The van der Waals surface area contributed by atoms with Crippen LogP contribution in [-0.2, 0) is 0 Å². The number of nitrogens with one attached hydrogen (secondary N) is 2. The van der Waals surface area contributed by atoms with Gasteiger partial charge in [-0.2, -0.15) is 0 Å². The van der Waals surface area contributed by atoms with E-state index in [0.717, 1.165) is 19.4 Å². The molecule has 4 nitrogen and oxygen atoms in total. The number of amides is 1. The summed E-state index contributed by atoms with van der Waals surface area (Å²) in [6, 6.07) is 7.22. The standard InChI is InChI=1S/C18H28N2O2S/c1-3-5-6-7-10-13-19-18(23)20-17(21)15-11-8-9-12-16(15)22-14-4-2/h8-9,11-12H,3-7,10,13-14H2,1-2H3,(H2,19,20,21,23). The number of para-hydroxylation sites is 1. The first-order chi connectivity index (χ1) is 11.2. The fourth-order valence-electron chi connectivity index (χ4n) is 2.14. The summed E-state index contributed by atoms with van der Waals surface area (Å²) in [6.07, 6.45) is 6.90. The number of ether oxygens (including phenoxy) is 1. The highest BCUT2D eigenvalue weighted by Gasteiger charge is 2.13. The van der Waals surface area contributed by atoms with E-state index in [4.69, 9.17) is 17.0 Å². The van der Waals surface area contributed by atoms with Crippen LogP contribution in [-0.4, -0.2) is 24.2 Å². The van der Waals surface area contributed by atoms with Crippen LogP contribution < -0.4 is 15.4 Å². The van der Waals surface area contributed by atoms with Crippen molar-refractivity contribution in [2.24, 2.45) is 0 Å². The first kappa shape index (κ1) is 19.4. The van der Waals surface area contributed by atoms with Crippen LogP contribution in [0.25, 0.3) is 0 Å². The summed E-state index contributed by atoms with van der Waals surface area (Å²) >= 11 is 5.18. The molecule has 0 unspecified atom stereocenters. The molecule has 0 saturated carbocycles. The lowest BCUT2D eigenvalue weighted by Crippen LogP contribution is -2.39. The molecule has 23 heavy (non-hydrogen) atoms. The van der Waals surface area contributed by atoms with Crippen LogP contribution in [0.15, 0.2) is 24.3 Å². The summed E-state index contributed by atoms with van der Waals surface area (Å²) in [5.41, 5.74) is 0.507. The third kappa shape index (κ3) is 7.98. The van der Waals surface area contributed by atoms with Gasteiger partial charge >= 0.3 is 0 Å². The average Bonchev–Trinajstić information content (AvgIpc) is 2.56. The normalized spacial score (nSPS) is 10.2. The van der Waals surface area contributed by atoms with E-state index in [1.54, 1.807) is 12.1 Å². The lowest BCUT2D eigenvalue weighted by atomic mass is 10.1. The van der Waals surface area contributed by atoms with Gasteiger partial charge in [-0.15, -0.1) is 0 Å². The fourth-order valence-corrected chi connectivity index (χ4v) is 2.33. The highest BCUT2D eigenvalue weighted by molar-refractivity contribution is 7.80. The number of carbonyl (C=O) groups excluding carboxylic acids is 1. The van der Waals surface area contributed by atoms with Crippen LogP contribution in [0.5, 0.6) is 5.75 Å². The minimum Gasteiger partial charge on any atom is -0.493 e. The molecule has 0 radical (unpaired) electrons. The Morgan fingerprint density at radius 1 is 1.09 bits per heavy atom. The predicted octanol–water partition coefficient (Wildman–Crippen LogP) is 4.05. The minimum atomic E-state index is -0.236. The molecule has 0 aliphatic carbocycles. The maximum Gasteiger partial charge on any atom is 0.261 e. The molecule has 0 fully saturated rings. The number of unbranched alkanes of at least 4 members (excludes halogenated alkanes) is 4. The quantitative estimate of drug-likeness (QED) is 0.500. The van der Waals surface area contributed by atoms with Crippen molar-refractivity contribution < 1.29 is 9.53 Å². The molecule has 2 N–H and O–H groups in total. The molecule has 0 aromatic heterocycles. The van der Waals surface area contributed by atoms with Gasteiger partial charge in [0.25, 0.3) is 5.91 Å². The second-order valence-electron chi connectivity index (χ2n) is 5.47. The van der Waals surface area contributed by atoms with Crippen LogP contribution >= 0.6 is 12.2 Å². The summed E-state index contributed by atoms with van der Waals surface area (Å²) in [7, 11) is 0. The summed E-state index contributed by atoms with van der Waals surface area (Å²) in [5.74, 6) is 0.356. The van der Waals surface area contributed by atoms with Crippen molar-refractivity contribution in [3.05, 3.63) is 29.8 Å². The highest BCUT2D eigenvalue weighted by Crippen LogP contribution is 2.17. The van der Waals surface area contributed by atoms with E-state index in [1.807, 2.05) is 19.1 Å². The third-order valence-electron chi connectivity index (χ3n) is 3.39. The number of thiocarbonyl (C=S) groups is 1. The van der Waals surface area contributed by atoms with Gasteiger partial charge in [0.15, 0.2) is 5.11 Å². The lowest BCUT2D eigenvalue weighted by Gasteiger charge is -2.12. The monoisotopic (exact) mass is 336 g/mol. The van der Waals surface area contributed by atoms with Gasteiger partial charge in [0.1, 0.15) is 5.75 Å². The van der Waals surface area contributed by atoms with E-state index in [1.165, 1.54) is 25.7 Å². The van der Waals surface area contributed by atoms with E-state index in [-0.39, 0.29) is 5.91 Å². The number of benzene rings is 1. The van der Waals surface area contributed by atoms with Gasteiger partial charge < -0.3 is 10.1 Å². The molecule has 128 valence electrons. The molecule has 1 rings (SSSR count). The van der Waals surface area contributed by atoms with Crippen molar-refractivity contribution >= 4 is 23.2 Å². The van der Waals surface area contributed by atoms with E-state index < -0.39 is 0 Å². The van der Waals surface area contributed by atoms with E-state index in [2.05, 4.69) is 17.6 Å². The molecule has 0 saturated heterocycles. The smallest absolute Gasteiger partial charge is 0.261 e. The average molecular weight is 337 g/mol. The Morgan fingerprint density at radius 3 is 2.57 bits per heavy atom. The Kier molecular flexibility index (Phi) is 10.0. The molecule has 1 aromatic carbocycles. The van der Waals surface area contributed by atoms with Crippen LogP contribution in [0.2, 0.25) is 0 Å². The molecule has 0 atom stereocenters. The van der Waals surface area contributed by atoms with E-state index in [0.29, 0.717) is 23.0 Å². The van der Waals surface area contributed by atoms with Crippen molar-refractivity contribution in [2.45, 2.75) is 52.4 Å². The topological polar surface area (TPSA) is 50.4 Å². The zero-order valence-electron chi connectivity index (χ0n) is 14.2. The molecule has 0 aliphatic heterocycles. The van der Waals surface area contributed by atoms with Crippen molar-refractivity contribution in [1.82, 2.24) is 10.6 Å². The van der Waals surface area contributed by atoms with Crippen LogP contribution in [0.4, 0.5) is 0 Å². The van der Waals surface area contributed by atoms with Gasteiger partial charge in [-0.3, -0.25) is 10.1 Å². The molecular weight excluding hydrogens is 308 g/mol. The zero-order chi connectivity index (χ0) is 16.9. The number of hydrogen-bond acceptors (Lipinski definition) is 3. The third-order valence-corrected chi connectivity index (χ3v) is 3.63. The first-order valence-electron chi connectivity index (χ1n) is 8.50. The van der Waals surface area contributed by atoms with Crippen molar-refractivity contribution in [2.75, 3.05) is 13.2 Å². The predicted molar refractivity (Wildman–Crippen MR) is 99.1 cm³/mol. The fraction of sp³-hybridized carbons (Fsp3) is 0.556. The van der Waals surface area contributed by atoms with Gasteiger partial charge in [0.05, 0.1) is 12.2 Å². The molecule has 0 heterocycles. The maximum absolute atomic E-state index is 12.3. The Balaban J connectivity index is 2.39. The Labute approximate surface area is 145 Å². The Morgan fingerprint density at radius 2 is 1.83 bits per heavy atom. The van der Waals surface area contributed by atoms with Crippen LogP contribution in [0, 0.1) is 0 Å². The summed E-state index contributed by atoms with van der Waals surface area (Å²) < 4.78 is 5.60. The Hall–Kier alpha value is -1.62. The SMILES string of the molecule is CCCCCCCNC(=S)NC(=O)c1ccccc1OCCC. The maximum atomic E-state index is 12.3. The number of rotatable bonds is 10. The zero-order valence-corrected chi connectivity index (χ0v) is 15.0. The number of carbonyl (C=O) groups is 1. The second-order valence-corrected chi connectivity index (χ2v) is 5.88. The van der Waals surface area contributed by atoms with E-state index in [9.17, 15) is 4.79 Å². The summed E-state index contributed by atoms with van der Waals surface area (Å²) in [5, 5.41) is 6.17. The molecule has 1 aromatic rings. The van der Waals surface area contributed by atoms with Gasteiger partial charge in [-0.25, -0.2) is 0 Å². The summed E-state index contributed by atoms with van der Waals surface area (Å²) in [4.78, 5) is 12.3. The molecule has 0 bridgehead atoms. The first-order valence-corrected chi connectivity index (χ1v) is 8.90. The van der Waals surface area contributed by atoms with Crippen LogP contribution in [0.1, 0.15) is 62.7 Å². The molecule has 0 spiro atoms. The highest BCUT2D eigenvalue weighted by atomic mass is 32.1. The Bertz CT molecular complexity index is 492. The van der Waals surface area contributed by atoms with Gasteiger partial charge in [-0.1, -0.05) is 51.7 Å². The van der Waals surface area contributed by atoms with Gasteiger partial charge in [-0.05, 0) is 37.2 Å². The molecule has 1 amide bonds. The van der Waals surface area contributed by atoms with Crippen molar-refractivity contribution in [3.63, 3.8) is 0 Å². The van der Waals surface area contributed by atoms with Crippen molar-refractivity contribution in [1.29, 1.82) is 0 Å².